The summed E-state index contributed by atoms with van der Waals surface area (Å²) in [6, 6.07) is 7.66. The molecule has 2 aromatic carbocycles. The van der Waals surface area contributed by atoms with Gasteiger partial charge in [-0.3, -0.25) is 4.79 Å². The highest BCUT2D eigenvalue weighted by Crippen LogP contribution is 2.29. The van der Waals surface area contributed by atoms with Gasteiger partial charge in [0.1, 0.15) is 5.82 Å². The van der Waals surface area contributed by atoms with Crippen LogP contribution in [0.5, 0.6) is 11.5 Å². The fourth-order valence-corrected chi connectivity index (χ4v) is 2.28. The summed E-state index contributed by atoms with van der Waals surface area (Å²) >= 11 is 5.61. The number of amides is 1. The molecule has 0 bridgehead atoms. The molecule has 0 aromatic heterocycles. The molecule has 0 unspecified atom stereocenters. The molecule has 0 aliphatic rings. The lowest BCUT2D eigenvalue weighted by Crippen LogP contribution is -2.20. The van der Waals surface area contributed by atoms with Gasteiger partial charge in [-0.25, -0.2) is 9.18 Å². The number of rotatable bonds is 8. The Bertz CT molecular complexity index is 921. The molecule has 1 N–H and O–H groups in total. The van der Waals surface area contributed by atoms with E-state index in [1.165, 1.54) is 43.5 Å². The third-order valence-electron chi connectivity index (χ3n) is 3.36. The van der Waals surface area contributed by atoms with Gasteiger partial charge in [-0.05, 0) is 42.0 Å². The number of carbonyl (C=O) groups is 2. The van der Waals surface area contributed by atoms with Crippen LogP contribution in [0.1, 0.15) is 5.56 Å². The topological polar surface area (TPSA) is 73.9 Å². The van der Waals surface area contributed by atoms with Gasteiger partial charge in [0.05, 0.1) is 12.1 Å². The molecule has 0 atom stereocenters. The monoisotopic (exact) mass is 429 g/mol. The zero-order chi connectivity index (χ0) is 21.4. The number of halogens is 4. The van der Waals surface area contributed by atoms with Crippen LogP contribution in [-0.4, -0.2) is 32.2 Å². The van der Waals surface area contributed by atoms with E-state index in [9.17, 15) is 22.8 Å². The van der Waals surface area contributed by atoms with Gasteiger partial charge in [0.2, 0.25) is 0 Å². The average molecular weight is 430 g/mol. The number of hydrogen-bond acceptors (Lipinski definition) is 5. The molecule has 0 aliphatic heterocycles. The van der Waals surface area contributed by atoms with Crippen LogP contribution in [0.2, 0.25) is 5.02 Å². The lowest BCUT2D eigenvalue weighted by molar-refractivity contribution is -0.142. The Hall–Kier alpha value is -3.20. The Kier molecular flexibility index (Phi) is 7.90. The maximum absolute atomic E-state index is 13.1. The van der Waals surface area contributed by atoms with E-state index in [0.717, 1.165) is 12.1 Å². The van der Waals surface area contributed by atoms with E-state index in [1.54, 1.807) is 0 Å². The number of carbonyl (C=O) groups excluding carboxylic acids is 2. The molecule has 0 saturated heterocycles. The zero-order valence-electron chi connectivity index (χ0n) is 15.0. The normalized spacial score (nSPS) is 10.8. The largest absolute Gasteiger partial charge is 0.493 e. The molecular weight excluding hydrogens is 415 g/mol. The third-order valence-corrected chi connectivity index (χ3v) is 3.65. The summed E-state index contributed by atoms with van der Waals surface area (Å²) < 4.78 is 51.7. The molecule has 0 saturated carbocycles. The summed E-state index contributed by atoms with van der Waals surface area (Å²) in [4.78, 5) is 23.5. The van der Waals surface area contributed by atoms with Gasteiger partial charge in [0.25, 0.3) is 5.91 Å². The molecule has 0 fully saturated rings. The first-order chi connectivity index (χ1) is 13.8. The van der Waals surface area contributed by atoms with Crippen molar-refractivity contribution in [2.45, 2.75) is 6.61 Å². The predicted octanol–water partition coefficient (Wildman–Crippen LogP) is 4.28. The molecule has 2 rings (SSSR count). The van der Waals surface area contributed by atoms with Gasteiger partial charge in [-0.1, -0.05) is 17.7 Å². The van der Waals surface area contributed by atoms with E-state index >= 15 is 0 Å². The number of methoxy groups -OCH3 is 1. The third kappa shape index (κ3) is 7.04. The second kappa shape index (κ2) is 10.4. The minimum atomic E-state index is -3.00. The first kappa shape index (κ1) is 22.1. The minimum absolute atomic E-state index is 0.0538. The van der Waals surface area contributed by atoms with Crippen molar-refractivity contribution >= 4 is 35.2 Å². The SMILES string of the molecule is COc1cc(C=CC(=O)OCC(=O)Nc2ccc(F)c(Cl)c2)ccc1OC(F)F. The van der Waals surface area contributed by atoms with Crippen molar-refractivity contribution < 1.29 is 37.0 Å². The Balaban J connectivity index is 1.88. The van der Waals surface area contributed by atoms with Crippen molar-refractivity contribution in [2.24, 2.45) is 0 Å². The Morgan fingerprint density at radius 3 is 2.59 bits per heavy atom. The van der Waals surface area contributed by atoms with Gasteiger partial charge in [-0.15, -0.1) is 0 Å². The van der Waals surface area contributed by atoms with Crippen LogP contribution in [0, 0.1) is 5.82 Å². The quantitative estimate of drug-likeness (QED) is 0.500. The molecule has 0 aliphatic carbocycles. The Morgan fingerprint density at radius 2 is 1.93 bits per heavy atom. The van der Waals surface area contributed by atoms with Crippen molar-refractivity contribution in [3.63, 3.8) is 0 Å². The molecule has 1 amide bonds. The molecule has 0 heterocycles. The smallest absolute Gasteiger partial charge is 0.387 e. The number of esters is 1. The van der Waals surface area contributed by atoms with Crippen LogP contribution >= 0.6 is 11.6 Å². The van der Waals surface area contributed by atoms with E-state index in [0.29, 0.717) is 5.56 Å². The zero-order valence-corrected chi connectivity index (χ0v) is 15.7. The van der Waals surface area contributed by atoms with Crippen LogP contribution in [0.4, 0.5) is 18.9 Å². The van der Waals surface area contributed by atoms with Gasteiger partial charge in [-0.2, -0.15) is 8.78 Å². The highest BCUT2D eigenvalue weighted by molar-refractivity contribution is 6.31. The summed E-state index contributed by atoms with van der Waals surface area (Å²) in [5.41, 5.74) is 0.692. The van der Waals surface area contributed by atoms with Crippen LogP contribution < -0.4 is 14.8 Å². The summed E-state index contributed by atoms with van der Waals surface area (Å²) in [5.74, 6) is -2.20. The minimum Gasteiger partial charge on any atom is -0.493 e. The number of benzene rings is 2. The molecule has 10 heteroatoms. The molecule has 0 radical (unpaired) electrons. The number of hydrogen-bond donors (Lipinski definition) is 1. The maximum atomic E-state index is 13.1. The summed E-state index contributed by atoms with van der Waals surface area (Å²) in [6.07, 6.45) is 2.39. The van der Waals surface area contributed by atoms with Gasteiger partial charge >= 0.3 is 12.6 Å². The second-order valence-electron chi connectivity index (χ2n) is 5.41. The van der Waals surface area contributed by atoms with Gasteiger partial charge in [0.15, 0.2) is 18.1 Å². The van der Waals surface area contributed by atoms with Crippen LogP contribution in [0.3, 0.4) is 0 Å². The first-order valence-electron chi connectivity index (χ1n) is 8.01. The van der Waals surface area contributed by atoms with Crippen LogP contribution in [0.15, 0.2) is 42.5 Å². The van der Waals surface area contributed by atoms with E-state index in [4.69, 9.17) is 21.1 Å². The Morgan fingerprint density at radius 1 is 1.17 bits per heavy atom. The molecule has 154 valence electrons. The van der Waals surface area contributed by atoms with Crippen molar-refractivity contribution in [3.05, 3.63) is 58.9 Å². The lowest BCUT2D eigenvalue weighted by Gasteiger charge is -2.10. The van der Waals surface area contributed by atoms with E-state index < -0.39 is 30.9 Å². The number of ether oxygens (including phenoxy) is 3. The average Bonchev–Trinajstić information content (AvgIpc) is 2.68. The molecule has 2 aromatic rings. The van der Waals surface area contributed by atoms with Crippen molar-refractivity contribution in [1.29, 1.82) is 0 Å². The van der Waals surface area contributed by atoms with Crippen LogP contribution in [0.25, 0.3) is 6.08 Å². The summed E-state index contributed by atoms with van der Waals surface area (Å²) in [6.45, 7) is -3.58. The van der Waals surface area contributed by atoms with E-state index in [2.05, 4.69) is 10.1 Å². The fraction of sp³-hybridized carbons (Fsp3) is 0.158. The second-order valence-corrected chi connectivity index (χ2v) is 5.81. The van der Waals surface area contributed by atoms with Crippen molar-refractivity contribution in [1.82, 2.24) is 0 Å². The number of alkyl halides is 2. The lowest BCUT2D eigenvalue weighted by atomic mass is 10.2. The standard InChI is InChI=1S/C19H15ClF3NO5/c1-27-16-8-11(2-6-15(16)29-19(22)23)3-7-18(26)28-10-17(25)24-12-4-5-14(21)13(20)9-12/h2-9,19H,10H2,1H3,(H,24,25). The highest BCUT2D eigenvalue weighted by atomic mass is 35.5. The van der Waals surface area contributed by atoms with Gasteiger partial charge < -0.3 is 19.5 Å². The first-order valence-corrected chi connectivity index (χ1v) is 8.39. The van der Waals surface area contributed by atoms with Crippen LogP contribution in [-0.2, 0) is 14.3 Å². The maximum Gasteiger partial charge on any atom is 0.387 e. The van der Waals surface area contributed by atoms with E-state index in [1.807, 2.05) is 0 Å². The van der Waals surface area contributed by atoms with E-state index in [-0.39, 0.29) is 22.2 Å². The fourth-order valence-electron chi connectivity index (χ4n) is 2.10. The molecular formula is C19H15ClF3NO5. The summed E-state index contributed by atoms with van der Waals surface area (Å²) in [5, 5.41) is 2.23. The van der Waals surface area contributed by atoms with Gasteiger partial charge in [0, 0.05) is 11.8 Å². The molecule has 0 spiro atoms. The Labute approximate surface area is 168 Å². The predicted molar refractivity (Wildman–Crippen MR) is 99.7 cm³/mol. The van der Waals surface area contributed by atoms with Crippen molar-refractivity contribution in [2.75, 3.05) is 19.0 Å². The number of nitrogens with one attached hydrogen (secondary N) is 1. The van der Waals surface area contributed by atoms with Crippen molar-refractivity contribution in [3.8, 4) is 11.5 Å². The summed E-state index contributed by atoms with van der Waals surface area (Å²) in [7, 11) is 1.28. The number of anilines is 1. The molecule has 6 nitrogen and oxygen atoms in total. The molecule has 29 heavy (non-hydrogen) atoms. The highest BCUT2D eigenvalue weighted by Gasteiger charge is 2.11.